The van der Waals surface area contributed by atoms with E-state index in [0.29, 0.717) is 13.0 Å². The van der Waals surface area contributed by atoms with E-state index in [1.807, 2.05) is 13.8 Å². The van der Waals surface area contributed by atoms with Gasteiger partial charge in [0.15, 0.2) is 0 Å². The van der Waals surface area contributed by atoms with Crippen LogP contribution in [0.25, 0.3) is 0 Å². The SMILES string of the molecule is CC(O)CC(C)(C)CNC(=O)NC(C)c1c(F)cccc1Cl. The summed E-state index contributed by atoms with van der Waals surface area (Å²) < 4.78 is 13.8. The number of nitrogens with one attached hydrogen (secondary N) is 2. The molecule has 2 unspecified atom stereocenters. The zero-order valence-corrected chi connectivity index (χ0v) is 14.2. The molecule has 22 heavy (non-hydrogen) atoms. The summed E-state index contributed by atoms with van der Waals surface area (Å²) in [5.41, 5.74) is 0.0345. The van der Waals surface area contributed by atoms with Gasteiger partial charge in [-0.2, -0.15) is 0 Å². The van der Waals surface area contributed by atoms with Crippen LogP contribution in [0.5, 0.6) is 0 Å². The first-order valence-corrected chi connectivity index (χ1v) is 7.66. The highest BCUT2D eigenvalue weighted by atomic mass is 35.5. The van der Waals surface area contributed by atoms with Gasteiger partial charge in [-0.25, -0.2) is 9.18 Å². The van der Waals surface area contributed by atoms with Crippen LogP contribution in [0.2, 0.25) is 5.02 Å². The largest absolute Gasteiger partial charge is 0.393 e. The normalized spacial score (nSPS) is 14.3. The highest BCUT2D eigenvalue weighted by molar-refractivity contribution is 6.31. The molecule has 0 bridgehead atoms. The van der Waals surface area contributed by atoms with Gasteiger partial charge in [0.25, 0.3) is 0 Å². The maximum atomic E-state index is 13.8. The van der Waals surface area contributed by atoms with Crippen LogP contribution in [-0.4, -0.2) is 23.8 Å². The third-order valence-electron chi connectivity index (χ3n) is 3.36. The van der Waals surface area contributed by atoms with E-state index in [1.165, 1.54) is 12.1 Å². The number of benzene rings is 1. The first-order chi connectivity index (χ1) is 10.1. The van der Waals surface area contributed by atoms with Crippen molar-refractivity contribution in [3.8, 4) is 0 Å². The molecule has 0 aliphatic rings. The van der Waals surface area contributed by atoms with Crippen molar-refractivity contribution in [1.82, 2.24) is 10.6 Å². The fourth-order valence-electron chi connectivity index (χ4n) is 2.44. The van der Waals surface area contributed by atoms with E-state index in [2.05, 4.69) is 10.6 Å². The molecule has 2 amide bonds. The van der Waals surface area contributed by atoms with E-state index in [9.17, 15) is 14.3 Å². The van der Waals surface area contributed by atoms with Gasteiger partial charge < -0.3 is 15.7 Å². The van der Waals surface area contributed by atoms with Gasteiger partial charge in [-0.15, -0.1) is 0 Å². The average molecular weight is 331 g/mol. The van der Waals surface area contributed by atoms with Crippen molar-refractivity contribution in [2.24, 2.45) is 5.41 Å². The Morgan fingerprint density at radius 1 is 1.41 bits per heavy atom. The van der Waals surface area contributed by atoms with Gasteiger partial charge in [-0.3, -0.25) is 0 Å². The topological polar surface area (TPSA) is 61.4 Å². The molecular weight excluding hydrogens is 307 g/mol. The molecule has 0 aliphatic carbocycles. The Morgan fingerprint density at radius 2 is 2.05 bits per heavy atom. The fraction of sp³-hybridized carbons (Fsp3) is 0.562. The summed E-state index contributed by atoms with van der Waals surface area (Å²) in [6.07, 6.45) is 0.137. The van der Waals surface area contributed by atoms with Crippen LogP contribution in [0.1, 0.15) is 45.7 Å². The lowest BCUT2D eigenvalue weighted by molar-refractivity contribution is 0.128. The lowest BCUT2D eigenvalue weighted by Crippen LogP contribution is -2.42. The van der Waals surface area contributed by atoms with Crippen molar-refractivity contribution in [3.63, 3.8) is 0 Å². The summed E-state index contributed by atoms with van der Waals surface area (Å²) in [7, 11) is 0. The number of rotatable bonds is 6. The summed E-state index contributed by atoms with van der Waals surface area (Å²) >= 11 is 5.98. The van der Waals surface area contributed by atoms with Gasteiger partial charge in [0.1, 0.15) is 5.82 Å². The van der Waals surface area contributed by atoms with Crippen LogP contribution < -0.4 is 10.6 Å². The van der Waals surface area contributed by atoms with E-state index < -0.39 is 24.0 Å². The zero-order chi connectivity index (χ0) is 16.9. The van der Waals surface area contributed by atoms with Crippen LogP contribution in [-0.2, 0) is 0 Å². The highest BCUT2D eigenvalue weighted by Gasteiger charge is 2.22. The monoisotopic (exact) mass is 330 g/mol. The molecule has 0 saturated carbocycles. The zero-order valence-electron chi connectivity index (χ0n) is 13.4. The highest BCUT2D eigenvalue weighted by Crippen LogP contribution is 2.25. The van der Waals surface area contributed by atoms with Crippen LogP contribution in [0.4, 0.5) is 9.18 Å². The lowest BCUT2D eigenvalue weighted by atomic mass is 9.87. The van der Waals surface area contributed by atoms with Crippen molar-refractivity contribution < 1.29 is 14.3 Å². The van der Waals surface area contributed by atoms with E-state index in [0.717, 1.165) is 0 Å². The maximum absolute atomic E-state index is 13.8. The number of hydrogen-bond acceptors (Lipinski definition) is 2. The van der Waals surface area contributed by atoms with Gasteiger partial charge in [-0.1, -0.05) is 31.5 Å². The van der Waals surface area contributed by atoms with Crippen LogP contribution >= 0.6 is 11.6 Å². The first-order valence-electron chi connectivity index (χ1n) is 7.29. The molecule has 0 saturated heterocycles. The Kier molecular flexibility index (Phi) is 6.63. The average Bonchev–Trinajstić information content (AvgIpc) is 2.34. The summed E-state index contributed by atoms with van der Waals surface area (Å²) in [6.45, 7) is 7.70. The molecule has 1 rings (SSSR count). The standard InChI is InChI=1S/C16H24ClFN2O2/c1-10(21)8-16(3,4)9-19-15(22)20-11(2)14-12(17)6-5-7-13(14)18/h5-7,10-11,21H,8-9H2,1-4H3,(H2,19,20,22). The van der Waals surface area contributed by atoms with Crippen LogP contribution in [0.15, 0.2) is 18.2 Å². The van der Waals surface area contributed by atoms with Gasteiger partial charge in [0, 0.05) is 17.1 Å². The van der Waals surface area contributed by atoms with Gasteiger partial charge in [0.05, 0.1) is 12.1 Å². The summed E-state index contributed by atoms with van der Waals surface area (Å²) in [6, 6.07) is 3.47. The molecule has 0 fully saturated rings. The quantitative estimate of drug-likeness (QED) is 0.745. The summed E-state index contributed by atoms with van der Waals surface area (Å²) in [5, 5.41) is 15.1. The number of carbonyl (C=O) groups is 1. The third kappa shape index (κ3) is 5.81. The Bertz CT molecular complexity index is 501. The van der Waals surface area contributed by atoms with Crippen LogP contribution in [0.3, 0.4) is 0 Å². The van der Waals surface area contributed by atoms with Crippen molar-refractivity contribution in [3.05, 3.63) is 34.6 Å². The number of urea groups is 1. The molecule has 124 valence electrons. The first kappa shape index (κ1) is 18.7. The third-order valence-corrected chi connectivity index (χ3v) is 3.69. The minimum absolute atomic E-state index is 0.232. The molecule has 1 aromatic rings. The second kappa shape index (κ2) is 7.79. The molecule has 3 N–H and O–H groups in total. The number of amides is 2. The van der Waals surface area contributed by atoms with Crippen molar-refractivity contribution in [2.45, 2.75) is 46.3 Å². The molecule has 0 aromatic heterocycles. The molecule has 0 heterocycles. The Hall–Kier alpha value is -1.33. The molecule has 0 aliphatic heterocycles. The lowest BCUT2D eigenvalue weighted by Gasteiger charge is -2.27. The number of hydrogen-bond donors (Lipinski definition) is 3. The maximum Gasteiger partial charge on any atom is 0.315 e. The number of aliphatic hydroxyl groups is 1. The number of halogens is 2. The van der Waals surface area contributed by atoms with Gasteiger partial charge >= 0.3 is 6.03 Å². The molecule has 2 atom stereocenters. The van der Waals surface area contributed by atoms with E-state index in [1.54, 1.807) is 19.9 Å². The van der Waals surface area contributed by atoms with Crippen molar-refractivity contribution in [1.29, 1.82) is 0 Å². The van der Waals surface area contributed by atoms with E-state index >= 15 is 0 Å². The fourth-order valence-corrected chi connectivity index (χ4v) is 2.76. The van der Waals surface area contributed by atoms with Crippen LogP contribution in [0, 0.1) is 11.2 Å². The second-order valence-electron chi connectivity index (χ2n) is 6.40. The molecule has 4 nitrogen and oxygen atoms in total. The molecule has 6 heteroatoms. The predicted octanol–water partition coefficient (Wildman–Crippen LogP) is 3.64. The smallest absolute Gasteiger partial charge is 0.315 e. The molecule has 1 aromatic carbocycles. The van der Waals surface area contributed by atoms with Gasteiger partial charge in [0.2, 0.25) is 0 Å². The number of carbonyl (C=O) groups excluding carboxylic acids is 1. The predicted molar refractivity (Wildman–Crippen MR) is 86.4 cm³/mol. The minimum Gasteiger partial charge on any atom is -0.393 e. The van der Waals surface area contributed by atoms with E-state index in [4.69, 9.17) is 11.6 Å². The Balaban J connectivity index is 2.58. The van der Waals surface area contributed by atoms with Gasteiger partial charge in [-0.05, 0) is 37.8 Å². The summed E-state index contributed by atoms with van der Waals surface area (Å²) in [4.78, 5) is 11.9. The molecular formula is C16H24ClFN2O2. The molecule has 0 radical (unpaired) electrons. The molecule has 0 spiro atoms. The second-order valence-corrected chi connectivity index (χ2v) is 6.81. The summed E-state index contributed by atoms with van der Waals surface area (Å²) in [5.74, 6) is -0.449. The number of aliphatic hydroxyl groups excluding tert-OH is 1. The Labute approximate surface area is 136 Å². The van der Waals surface area contributed by atoms with E-state index in [-0.39, 0.29) is 16.0 Å². The van der Waals surface area contributed by atoms with Crippen molar-refractivity contribution >= 4 is 17.6 Å². The Morgan fingerprint density at radius 3 is 2.59 bits per heavy atom. The van der Waals surface area contributed by atoms with Crippen molar-refractivity contribution in [2.75, 3.05) is 6.54 Å². The minimum atomic E-state index is -0.548.